The number of amides is 2. The Bertz CT molecular complexity index is 1030. The van der Waals surface area contributed by atoms with Crippen LogP contribution in [-0.2, 0) is 15.8 Å². The number of benzene rings is 3. The third-order valence-corrected chi connectivity index (χ3v) is 4.48. The van der Waals surface area contributed by atoms with Crippen LogP contribution >= 0.6 is 0 Å². The molecule has 0 fully saturated rings. The molecular formula is C24H20F3N3O2. The van der Waals surface area contributed by atoms with E-state index < -0.39 is 17.6 Å². The van der Waals surface area contributed by atoms with E-state index in [1.807, 2.05) is 36.4 Å². The van der Waals surface area contributed by atoms with Crippen LogP contribution in [0.4, 0.5) is 24.5 Å². The van der Waals surface area contributed by atoms with Gasteiger partial charge in [-0.1, -0.05) is 48.5 Å². The summed E-state index contributed by atoms with van der Waals surface area (Å²) in [5, 5.41) is 3.74. The normalized spacial score (nSPS) is 11.3. The summed E-state index contributed by atoms with van der Waals surface area (Å²) in [7, 11) is 0. The van der Waals surface area contributed by atoms with Gasteiger partial charge >= 0.3 is 6.18 Å². The number of carbonyl (C=O) groups excluding carboxylic acids is 2. The zero-order chi connectivity index (χ0) is 23.0. The maximum absolute atomic E-state index is 12.9. The van der Waals surface area contributed by atoms with Crippen LogP contribution < -0.4 is 10.3 Å². The molecule has 0 radical (unpaired) electrons. The van der Waals surface area contributed by atoms with Gasteiger partial charge in [0.1, 0.15) is 0 Å². The van der Waals surface area contributed by atoms with Crippen LogP contribution in [0, 0.1) is 0 Å². The summed E-state index contributed by atoms with van der Waals surface area (Å²) < 4.78 is 37.7. The molecule has 3 rings (SSSR count). The number of hydrogen-bond donors (Lipinski definition) is 1. The number of halogens is 3. The quantitative estimate of drug-likeness (QED) is 0.401. The highest BCUT2D eigenvalue weighted by Crippen LogP contribution is 2.29. The van der Waals surface area contributed by atoms with Crippen LogP contribution in [0.15, 0.2) is 90.0 Å². The summed E-state index contributed by atoms with van der Waals surface area (Å²) in [6, 6.07) is 22.6. The number of rotatable bonds is 7. The second-order valence-electron chi connectivity index (χ2n) is 6.81. The lowest BCUT2D eigenvalue weighted by Crippen LogP contribution is -2.27. The van der Waals surface area contributed by atoms with E-state index in [9.17, 15) is 22.8 Å². The van der Waals surface area contributed by atoms with Crippen LogP contribution in [0.3, 0.4) is 0 Å². The maximum Gasteiger partial charge on any atom is 0.416 e. The molecule has 0 unspecified atom stereocenters. The third kappa shape index (κ3) is 6.28. The molecular weight excluding hydrogens is 419 g/mol. The summed E-state index contributed by atoms with van der Waals surface area (Å²) >= 11 is 0. The number of para-hydroxylation sites is 2. The Balaban J connectivity index is 1.57. The van der Waals surface area contributed by atoms with Crippen molar-refractivity contribution in [2.24, 2.45) is 5.10 Å². The maximum atomic E-state index is 12.9. The molecule has 164 valence electrons. The van der Waals surface area contributed by atoms with E-state index in [1.54, 1.807) is 29.2 Å². The highest BCUT2D eigenvalue weighted by atomic mass is 19.4. The van der Waals surface area contributed by atoms with Crippen LogP contribution in [0.2, 0.25) is 0 Å². The summed E-state index contributed by atoms with van der Waals surface area (Å²) in [4.78, 5) is 26.5. The molecule has 3 aromatic rings. The molecule has 5 nitrogen and oxygen atoms in total. The molecule has 1 N–H and O–H groups in total. The number of anilines is 2. The molecule has 0 aliphatic carbocycles. The summed E-state index contributed by atoms with van der Waals surface area (Å²) in [6.45, 7) is 0. The predicted molar refractivity (Wildman–Crippen MR) is 116 cm³/mol. The Morgan fingerprint density at radius 2 is 1.34 bits per heavy atom. The molecule has 0 aromatic heterocycles. The highest BCUT2D eigenvalue weighted by Gasteiger charge is 2.29. The van der Waals surface area contributed by atoms with Crippen molar-refractivity contribution in [1.29, 1.82) is 0 Å². The molecule has 0 bridgehead atoms. The van der Waals surface area contributed by atoms with E-state index in [0.29, 0.717) is 16.9 Å². The topological polar surface area (TPSA) is 61.8 Å². The van der Waals surface area contributed by atoms with Crippen molar-refractivity contribution in [3.05, 3.63) is 96.1 Å². The lowest BCUT2D eigenvalue weighted by atomic mass is 10.1. The van der Waals surface area contributed by atoms with Crippen LogP contribution in [0.5, 0.6) is 0 Å². The minimum atomic E-state index is -4.41. The first-order chi connectivity index (χ1) is 15.3. The van der Waals surface area contributed by atoms with Crippen LogP contribution in [-0.4, -0.2) is 18.0 Å². The smallest absolute Gasteiger partial charge is 0.281 e. The molecule has 0 atom stereocenters. The van der Waals surface area contributed by atoms with Gasteiger partial charge in [0.2, 0.25) is 11.8 Å². The molecule has 0 heterocycles. The van der Waals surface area contributed by atoms with Gasteiger partial charge in [0.15, 0.2) is 0 Å². The standard InChI is InChI=1S/C24H20F3N3O2/c25-24(26,27)19-13-11-18(12-14-19)17-28-29-22(31)15-16-23(32)30(20-7-3-1-4-8-20)21-9-5-2-6-10-21/h1-14,17H,15-16H2,(H,29,31)/b28-17-. The van der Waals surface area contributed by atoms with E-state index in [-0.39, 0.29) is 18.7 Å². The molecule has 2 amide bonds. The molecule has 0 spiro atoms. The van der Waals surface area contributed by atoms with E-state index >= 15 is 0 Å². The Kier molecular flexibility index (Phi) is 7.38. The Morgan fingerprint density at radius 1 is 0.812 bits per heavy atom. The Morgan fingerprint density at radius 3 is 1.84 bits per heavy atom. The summed E-state index contributed by atoms with van der Waals surface area (Å²) in [5.74, 6) is -0.744. The molecule has 8 heteroatoms. The van der Waals surface area contributed by atoms with Gasteiger partial charge in [-0.15, -0.1) is 0 Å². The van der Waals surface area contributed by atoms with Crippen LogP contribution in [0.1, 0.15) is 24.0 Å². The van der Waals surface area contributed by atoms with Crippen molar-refractivity contribution in [3.63, 3.8) is 0 Å². The fourth-order valence-electron chi connectivity index (χ4n) is 2.92. The van der Waals surface area contributed by atoms with Crippen molar-refractivity contribution in [1.82, 2.24) is 5.43 Å². The first-order valence-corrected chi connectivity index (χ1v) is 9.77. The van der Waals surface area contributed by atoms with Crippen LogP contribution in [0.25, 0.3) is 0 Å². The van der Waals surface area contributed by atoms with Gasteiger partial charge in [0.25, 0.3) is 0 Å². The van der Waals surface area contributed by atoms with Gasteiger partial charge in [-0.05, 0) is 42.0 Å². The first kappa shape index (κ1) is 22.7. The van der Waals surface area contributed by atoms with Crippen molar-refractivity contribution in [2.75, 3.05) is 4.90 Å². The number of nitrogens with zero attached hydrogens (tertiary/aromatic N) is 2. The average Bonchev–Trinajstić information content (AvgIpc) is 2.79. The lowest BCUT2D eigenvalue weighted by Gasteiger charge is -2.23. The molecule has 0 saturated carbocycles. The van der Waals surface area contributed by atoms with E-state index in [1.165, 1.54) is 18.3 Å². The molecule has 3 aromatic carbocycles. The minimum absolute atomic E-state index is 0.0502. The molecule has 0 saturated heterocycles. The average molecular weight is 439 g/mol. The number of hydrazone groups is 1. The largest absolute Gasteiger partial charge is 0.416 e. The van der Waals surface area contributed by atoms with Gasteiger partial charge < -0.3 is 0 Å². The van der Waals surface area contributed by atoms with Gasteiger partial charge in [0, 0.05) is 24.2 Å². The van der Waals surface area contributed by atoms with E-state index in [4.69, 9.17) is 0 Å². The number of alkyl halides is 3. The predicted octanol–water partition coefficient (Wildman–Crippen LogP) is 5.30. The van der Waals surface area contributed by atoms with Gasteiger partial charge in [0.05, 0.1) is 11.8 Å². The minimum Gasteiger partial charge on any atom is -0.281 e. The van der Waals surface area contributed by atoms with Gasteiger partial charge in [-0.3, -0.25) is 14.5 Å². The van der Waals surface area contributed by atoms with Gasteiger partial charge in [-0.2, -0.15) is 18.3 Å². The third-order valence-electron chi connectivity index (χ3n) is 4.48. The second-order valence-corrected chi connectivity index (χ2v) is 6.81. The van der Waals surface area contributed by atoms with Crippen molar-refractivity contribution < 1.29 is 22.8 Å². The number of hydrogen-bond acceptors (Lipinski definition) is 3. The Labute approximate surface area is 183 Å². The zero-order valence-corrected chi connectivity index (χ0v) is 16.9. The molecule has 0 aliphatic rings. The van der Waals surface area contributed by atoms with Gasteiger partial charge in [-0.25, -0.2) is 5.43 Å². The monoisotopic (exact) mass is 439 g/mol. The fraction of sp³-hybridized carbons (Fsp3) is 0.125. The first-order valence-electron chi connectivity index (χ1n) is 9.77. The lowest BCUT2D eigenvalue weighted by molar-refractivity contribution is -0.137. The Hall–Kier alpha value is -3.94. The van der Waals surface area contributed by atoms with E-state index in [2.05, 4.69) is 10.5 Å². The highest BCUT2D eigenvalue weighted by molar-refractivity contribution is 6.01. The SMILES string of the molecule is O=C(CCC(=O)N(c1ccccc1)c1ccccc1)N/N=C\c1ccc(C(F)(F)F)cc1. The van der Waals surface area contributed by atoms with Crippen molar-refractivity contribution >= 4 is 29.4 Å². The summed E-state index contributed by atoms with van der Waals surface area (Å²) in [6.07, 6.45) is -3.32. The zero-order valence-electron chi connectivity index (χ0n) is 16.9. The summed E-state index contributed by atoms with van der Waals surface area (Å²) in [5.41, 5.74) is 3.29. The van der Waals surface area contributed by atoms with Crippen molar-refractivity contribution in [2.45, 2.75) is 19.0 Å². The molecule has 32 heavy (non-hydrogen) atoms. The second kappa shape index (κ2) is 10.4. The fourth-order valence-corrected chi connectivity index (χ4v) is 2.92. The molecule has 0 aliphatic heterocycles. The number of nitrogens with one attached hydrogen (secondary N) is 1. The van der Waals surface area contributed by atoms with E-state index in [0.717, 1.165) is 12.1 Å². The number of carbonyl (C=O) groups is 2. The van der Waals surface area contributed by atoms with Crippen molar-refractivity contribution in [3.8, 4) is 0 Å².